The first-order chi connectivity index (χ1) is 11.2. The summed E-state index contributed by atoms with van der Waals surface area (Å²) >= 11 is 1.70. The predicted octanol–water partition coefficient (Wildman–Crippen LogP) is 0.864. The SMILES string of the molecule is Cc1nc(CN2CCN(C(=O)CNCC3CCCO3)CC2)cs1. The summed E-state index contributed by atoms with van der Waals surface area (Å²) in [7, 11) is 0. The fraction of sp³-hybridized carbons (Fsp3) is 0.750. The number of aryl methyl sites for hydroxylation is 1. The molecule has 2 fully saturated rings. The van der Waals surface area contributed by atoms with Crippen LogP contribution in [0.1, 0.15) is 23.5 Å². The van der Waals surface area contributed by atoms with Gasteiger partial charge in [0.15, 0.2) is 0 Å². The minimum Gasteiger partial charge on any atom is -0.377 e. The van der Waals surface area contributed by atoms with Gasteiger partial charge < -0.3 is 15.0 Å². The highest BCUT2D eigenvalue weighted by Crippen LogP contribution is 2.12. The quantitative estimate of drug-likeness (QED) is 0.834. The molecule has 2 saturated heterocycles. The average Bonchev–Trinajstić information content (AvgIpc) is 3.20. The number of piperazine rings is 1. The molecule has 6 nitrogen and oxygen atoms in total. The molecule has 1 amide bonds. The molecule has 1 unspecified atom stereocenters. The molecular formula is C16H26N4O2S. The molecule has 23 heavy (non-hydrogen) atoms. The standard InChI is InChI=1S/C16H26N4O2S/c1-13-18-14(12-23-13)11-19-4-6-20(7-5-19)16(21)10-17-9-15-3-2-8-22-15/h12,15,17H,2-11H2,1H3. The molecule has 0 spiro atoms. The van der Waals surface area contributed by atoms with Crippen LogP contribution in [-0.2, 0) is 16.1 Å². The summed E-state index contributed by atoms with van der Waals surface area (Å²) in [6, 6.07) is 0. The zero-order valence-electron chi connectivity index (χ0n) is 13.8. The van der Waals surface area contributed by atoms with Crippen LogP contribution in [0.5, 0.6) is 0 Å². The number of nitrogens with zero attached hydrogens (tertiary/aromatic N) is 3. The van der Waals surface area contributed by atoms with Gasteiger partial charge in [-0.15, -0.1) is 11.3 Å². The van der Waals surface area contributed by atoms with Crippen LogP contribution in [0, 0.1) is 6.92 Å². The van der Waals surface area contributed by atoms with Crippen molar-refractivity contribution in [3.8, 4) is 0 Å². The number of ether oxygens (including phenoxy) is 1. The Kier molecular flexibility index (Phi) is 5.99. The Labute approximate surface area is 141 Å². The van der Waals surface area contributed by atoms with Gasteiger partial charge in [-0.25, -0.2) is 4.98 Å². The summed E-state index contributed by atoms with van der Waals surface area (Å²) < 4.78 is 5.55. The largest absolute Gasteiger partial charge is 0.377 e. The van der Waals surface area contributed by atoms with Gasteiger partial charge in [-0.1, -0.05) is 0 Å². The second-order valence-corrected chi connectivity index (χ2v) is 7.34. The third kappa shape index (κ3) is 4.97. The molecule has 0 radical (unpaired) electrons. The minimum atomic E-state index is 0.201. The third-order valence-electron chi connectivity index (χ3n) is 4.45. The van der Waals surface area contributed by atoms with E-state index >= 15 is 0 Å². The molecular weight excluding hydrogens is 312 g/mol. The first kappa shape index (κ1) is 16.8. The topological polar surface area (TPSA) is 57.7 Å². The maximum absolute atomic E-state index is 12.2. The number of thiazole rings is 1. The molecule has 1 atom stereocenters. The lowest BCUT2D eigenvalue weighted by Crippen LogP contribution is -2.50. The van der Waals surface area contributed by atoms with E-state index in [1.54, 1.807) is 11.3 Å². The van der Waals surface area contributed by atoms with Gasteiger partial charge in [0.05, 0.1) is 23.4 Å². The Hall–Kier alpha value is -1.02. The fourth-order valence-corrected chi connectivity index (χ4v) is 3.73. The van der Waals surface area contributed by atoms with Crippen LogP contribution in [0.3, 0.4) is 0 Å². The molecule has 0 aromatic carbocycles. The zero-order valence-corrected chi connectivity index (χ0v) is 14.6. The molecule has 0 bridgehead atoms. The molecule has 128 valence electrons. The highest BCUT2D eigenvalue weighted by molar-refractivity contribution is 7.09. The van der Waals surface area contributed by atoms with Gasteiger partial charge in [0.2, 0.25) is 5.91 Å². The highest BCUT2D eigenvalue weighted by Gasteiger charge is 2.22. The number of hydrogen-bond acceptors (Lipinski definition) is 6. The maximum atomic E-state index is 12.2. The summed E-state index contributed by atoms with van der Waals surface area (Å²) in [6.45, 7) is 8.47. The van der Waals surface area contributed by atoms with Gasteiger partial charge in [-0.2, -0.15) is 0 Å². The number of rotatable bonds is 6. The molecule has 0 saturated carbocycles. The maximum Gasteiger partial charge on any atom is 0.236 e. The second-order valence-electron chi connectivity index (χ2n) is 6.28. The average molecular weight is 338 g/mol. The third-order valence-corrected chi connectivity index (χ3v) is 5.27. The summed E-state index contributed by atoms with van der Waals surface area (Å²) in [5.41, 5.74) is 1.14. The van der Waals surface area contributed by atoms with Gasteiger partial charge in [0.25, 0.3) is 0 Å². The van der Waals surface area contributed by atoms with Gasteiger partial charge in [0.1, 0.15) is 0 Å². The number of nitrogens with one attached hydrogen (secondary N) is 1. The van der Waals surface area contributed by atoms with Crippen LogP contribution in [0.2, 0.25) is 0 Å². The van der Waals surface area contributed by atoms with Crippen molar-refractivity contribution < 1.29 is 9.53 Å². The van der Waals surface area contributed by atoms with E-state index in [2.05, 4.69) is 20.6 Å². The first-order valence-corrected chi connectivity index (χ1v) is 9.32. The van der Waals surface area contributed by atoms with Gasteiger partial charge >= 0.3 is 0 Å². The van der Waals surface area contributed by atoms with E-state index in [0.717, 1.165) is 69.4 Å². The van der Waals surface area contributed by atoms with Crippen molar-refractivity contribution >= 4 is 17.2 Å². The van der Waals surface area contributed by atoms with Crippen molar-refractivity contribution in [1.82, 2.24) is 20.1 Å². The predicted molar refractivity (Wildman–Crippen MR) is 90.6 cm³/mol. The molecule has 1 aromatic heterocycles. The van der Waals surface area contributed by atoms with Crippen LogP contribution in [-0.4, -0.2) is 72.7 Å². The lowest BCUT2D eigenvalue weighted by Gasteiger charge is -2.34. The number of carbonyl (C=O) groups excluding carboxylic acids is 1. The van der Waals surface area contributed by atoms with Crippen molar-refractivity contribution in [2.45, 2.75) is 32.4 Å². The fourth-order valence-electron chi connectivity index (χ4n) is 3.12. The van der Waals surface area contributed by atoms with E-state index < -0.39 is 0 Å². The van der Waals surface area contributed by atoms with Crippen molar-refractivity contribution in [1.29, 1.82) is 0 Å². The van der Waals surface area contributed by atoms with Crippen LogP contribution in [0.15, 0.2) is 5.38 Å². The lowest BCUT2D eigenvalue weighted by atomic mass is 10.2. The van der Waals surface area contributed by atoms with E-state index in [0.29, 0.717) is 12.6 Å². The highest BCUT2D eigenvalue weighted by atomic mass is 32.1. The zero-order chi connectivity index (χ0) is 16.1. The van der Waals surface area contributed by atoms with Crippen molar-refractivity contribution in [3.63, 3.8) is 0 Å². The number of hydrogen-bond donors (Lipinski definition) is 1. The van der Waals surface area contributed by atoms with Crippen LogP contribution < -0.4 is 5.32 Å². The van der Waals surface area contributed by atoms with Crippen molar-refractivity contribution in [2.75, 3.05) is 45.9 Å². The van der Waals surface area contributed by atoms with Crippen molar-refractivity contribution in [3.05, 3.63) is 16.1 Å². The Morgan fingerprint density at radius 3 is 2.91 bits per heavy atom. The first-order valence-electron chi connectivity index (χ1n) is 8.44. The number of carbonyl (C=O) groups is 1. The Morgan fingerprint density at radius 1 is 1.43 bits per heavy atom. The monoisotopic (exact) mass is 338 g/mol. The van der Waals surface area contributed by atoms with E-state index in [9.17, 15) is 4.79 Å². The molecule has 1 aromatic rings. The molecule has 3 heterocycles. The molecule has 1 N–H and O–H groups in total. The van der Waals surface area contributed by atoms with Crippen molar-refractivity contribution in [2.24, 2.45) is 0 Å². The second kappa shape index (κ2) is 8.19. The van der Waals surface area contributed by atoms with Crippen LogP contribution in [0.4, 0.5) is 0 Å². The Morgan fingerprint density at radius 2 is 2.26 bits per heavy atom. The number of aromatic nitrogens is 1. The molecule has 2 aliphatic heterocycles. The molecule has 0 aliphatic carbocycles. The van der Waals surface area contributed by atoms with Gasteiger partial charge in [0, 0.05) is 51.3 Å². The summed E-state index contributed by atoms with van der Waals surface area (Å²) in [4.78, 5) is 21.1. The summed E-state index contributed by atoms with van der Waals surface area (Å²) in [5, 5.41) is 6.48. The molecule has 3 rings (SSSR count). The van der Waals surface area contributed by atoms with E-state index in [1.165, 1.54) is 0 Å². The van der Waals surface area contributed by atoms with E-state index in [-0.39, 0.29) is 5.91 Å². The lowest BCUT2D eigenvalue weighted by molar-refractivity contribution is -0.132. The van der Waals surface area contributed by atoms with E-state index in [4.69, 9.17) is 4.74 Å². The van der Waals surface area contributed by atoms with Gasteiger partial charge in [-0.3, -0.25) is 9.69 Å². The summed E-state index contributed by atoms with van der Waals surface area (Å²) in [5.74, 6) is 0.201. The summed E-state index contributed by atoms with van der Waals surface area (Å²) in [6.07, 6.45) is 2.54. The number of amides is 1. The van der Waals surface area contributed by atoms with Crippen LogP contribution >= 0.6 is 11.3 Å². The minimum absolute atomic E-state index is 0.201. The Bertz CT molecular complexity index is 508. The smallest absolute Gasteiger partial charge is 0.236 e. The Balaban J connectivity index is 1.33. The normalized spacial score (nSPS) is 22.7. The molecule has 7 heteroatoms. The molecule has 2 aliphatic rings. The van der Waals surface area contributed by atoms with Crippen LogP contribution in [0.25, 0.3) is 0 Å². The van der Waals surface area contributed by atoms with Gasteiger partial charge in [-0.05, 0) is 19.8 Å². The van der Waals surface area contributed by atoms with E-state index in [1.807, 2.05) is 11.8 Å².